The summed E-state index contributed by atoms with van der Waals surface area (Å²) in [6.07, 6.45) is -0.132. The molecule has 0 aromatic heterocycles. The largest absolute Gasteiger partial charge is 0.481 e. The van der Waals surface area contributed by atoms with Gasteiger partial charge in [0, 0.05) is 6.04 Å². The molecule has 0 aliphatic rings. The summed E-state index contributed by atoms with van der Waals surface area (Å²) in [4.78, 5) is 12.8. The molecule has 1 rings (SSSR count). The van der Waals surface area contributed by atoms with Crippen LogP contribution < -0.4 is 0 Å². The van der Waals surface area contributed by atoms with Crippen LogP contribution in [-0.4, -0.2) is 29.1 Å². The Morgan fingerprint density at radius 3 is 2.33 bits per heavy atom. The van der Waals surface area contributed by atoms with Gasteiger partial charge in [-0.05, 0) is 30.8 Å². The fourth-order valence-corrected chi connectivity index (χ4v) is 2.01. The van der Waals surface area contributed by atoms with Crippen LogP contribution in [0.4, 0.5) is 8.78 Å². The maximum atomic E-state index is 13.2. The van der Waals surface area contributed by atoms with Gasteiger partial charge in [0.2, 0.25) is 0 Å². The van der Waals surface area contributed by atoms with Crippen LogP contribution in [0.1, 0.15) is 31.9 Å². The van der Waals surface area contributed by atoms with Crippen molar-refractivity contribution in [2.45, 2.75) is 26.3 Å². The summed E-state index contributed by atoms with van der Waals surface area (Å²) in [7, 11) is 0. The first kappa shape index (κ1) is 14.6. The molecule has 1 unspecified atom stereocenters. The zero-order valence-corrected chi connectivity index (χ0v) is 10.5. The summed E-state index contributed by atoms with van der Waals surface area (Å²) in [6, 6.07) is 3.10. The topological polar surface area (TPSA) is 40.5 Å². The van der Waals surface area contributed by atoms with Gasteiger partial charge in [-0.25, -0.2) is 8.78 Å². The molecule has 0 bridgehead atoms. The Kier molecular flexibility index (Phi) is 5.22. The van der Waals surface area contributed by atoms with Gasteiger partial charge < -0.3 is 5.11 Å². The average molecular weight is 257 g/mol. The van der Waals surface area contributed by atoms with E-state index in [0.717, 1.165) is 12.1 Å². The van der Waals surface area contributed by atoms with Gasteiger partial charge in [-0.15, -0.1) is 0 Å². The van der Waals surface area contributed by atoms with E-state index in [1.165, 1.54) is 6.07 Å². The molecule has 1 N–H and O–H groups in total. The third kappa shape index (κ3) is 3.50. The molecule has 1 aromatic rings. The maximum Gasteiger partial charge on any atom is 0.305 e. The van der Waals surface area contributed by atoms with Crippen molar-refractivity contribution in [1.82, 2.24) is 4.90 Å². The molecule has 100 valence electrons. The minimum atomic E-state index is -0.961. The molecule has 0 radical (unpaired) electrons. The van der Waals surface area contributed by atoms with E-state index >= 15 is 0 Å². The maximum absolute atomic E-state index is 13.2. The third-order valence-corrected chi connectivity index (χ3v) is 2.95. The van der Waals surface area contributed by atoms with Gasteiger partial charge in [0.25, 0.3) is 0 Å². The molecule has 18 heavy (non-hydrogen) atoms. The van der Waals surface area contributed by atoms with Crippen molar-refractivity contribution in [3.05, 3.63) is 35.4 Å². The summed E-state index contributed by atoms with van der Waals surface area (Å²) in [5.74, 6) is -2.83. The Morgan fingerprint density at radius 2 is 1.89 bits per heavy atom. The number of hydrogen-bond donors (Lipinski definition) is 1. The summed E-state index contributed by atoms with van der Waals surface area (Å²) >= 11 is 0. The molecular formula is C13H17F2NO2. The summed E-state index contributed by atoms with van der Waals surface area (Å²) in [6.45, 7) is 5.09. The number of hydrogen-bond acceptors (Lipinski definition) is 2. The van der Waals surface area contributed by atoms with Crippen molar-refractivity contribution in [3.63, 3.8) is 0 Å². The molecule has 1 aromatic carbocycles. The summed E-state index contributed by atoms with van der Waals surface area (Å²) in [5.41, 5.74) is 0.486. The van der Waals surface area contributed by atoms with Gasteiger partial charge in [0.05, 0.1) is 6.42 Å². The van der Waals surface area contributed by atoms with Crippen LogP contribution in [0.3, 0.4) is 0 Å². The van der Waals surface area contributed by atoms with Gasteiger partial charge in [0.15, 0.2) is 11.6 Å². The fourth-order valence-electron chi connectivity index (χ4n) is 2.01. The van der Waals surface area contributed by atoms with E-state index < -0.39 is 23.6 Å². The molecule has 3 nitrogen and oxygen atoms in total. The highest BCUT2D eigenvalue weighted by atomic mass is 19.2. The lowest BCUT2D eigenvalue weighted by atomic mass is 10.0. The molecule has 0 spiro atoms. The number of benzene rings is 1. The fraction of sp³-hybridized carbons (Fsp3) is 0.462. The normalized spacial score (nSPS) is 12.7. The van der Waals surface area contributed by atoms with Gasteiger partial charge in [-0.3, -0.25) is 9.69 Å². The molecule has 5 heteroatoms. The van der Waals surface area contributed by atoms with Crippen molar-refractivity contribution < 1.29 is 18.7 Å². The first-order chi connectivity index (χ1) is 8.49. The second-order valence-electron chi connectivity index (χ2n) is 4.01. The Morgan fingerprint density at radius 1 is 1.28 bits per heavy atom. The van der Waals surface area contributed by atoms with Crippen LogP contribution in [0.2, 0.25) is 0 Å². The second kappa shape index (κ2) is 6.44. The number of carboxylic acids is 1. The molecule has 0 saturated heterocycles. The SMILES string of the molecule is CCN(CC)C(CC(=O)O)c1ccc(F)c(F)c1. The number of carbonyl (C=O) groups is 1. The van der Waals surface area contributed by atoms with Crippen molar-refractivity contribution in [3.8, 4) is 0 Å². The lowest BCUT2D eigenvalue weighted by Crippen LogP contribution is -2.30. The zero-order chi connectivity index (χ0) is 13.7. The van der Waals surface area contributed by atoms with Crippen molar-refractivity contribution >= 4 is 5.97 Å². The Hall–Kier alpha value is -1.49. The monoisotopic (exact) mass is 257 g/mol. The highest BCUT2D eigenvalue weighted by molar-refractivity contribution is 5.68. The predicted octanol–water partition coefficient (Wildman–Crippen LogP) is 2.82. The van der Waals surface area contributed by atoms with Crippen LogP contribution in [0.5, 0.6) is 0 Å². The van der Waals surface area contributed by atoms with Gasteiger partial charge in [0.1, 0.15) is 0 Å². The molecule has 0 heterocycles. The highest BCUT2D eigenvalue weighted by Gasteiger charge is 2.22. The van der Waals surface area contributed by atoms with E-state index in [9.17, 15) is 13.6 Å². The molecular weight excluding hydrogens is 240 g/mol. The Balaban J connectivity index is 3.07. The summed E-state index contributed by atoms with van der Waals surface area (Å²) in [5, 5.41) is 8.91. The van der Waals surface area contributed by atoms with E-state index in [1.807, 2.05) is 18.7 Å². The zero-order valence-electron chi connectivity index (χ0n) is 10.5. The van der Waals surface area contributed by atoms with Crippen LogP contribution in [-0.2, 0) is 4.79 Å². The average Bonchev–Trinajstić information content (AvgIpc) is 2.32. The number of nitrogens with zero attached hydrogens (tertiary/aromatic N) is 1. The molecule has 0 fully saturated rings. The van der Waals surface area contributed by atoms with Crippen molar-refractivity contribution in [1.29, 1.82) is 0 Å². The first-order valence-electron chi connectivity index (χ1n) is 5.90. The third-order valence-electron chi connectivity index (χ3n) is 2.95. The van der Waals surface area contributed by atoms with E-state index in [-0.39, 0.29) is 6.42 Å². The standard InChI is InChI=1S/C13H17F2NO2/c1-3-16(4-2)12(8-13(17)18)9-5-6-10(14)11(15)7-9/h5-7,12H,3-4,8H2,1-2H3,(H,17,18). The minimum absolute atomic E-state index is 0.132. The van der Waals surface area contributed by atoms with Gasteiger partial charge >= 0.3 is 5.97 Å². The van der Waals surface area contributed by atoms with Crippen LogP contribution >= 0.6 is 0 Å². The number of rotatable bonds is 6. The highest BCUT2D eigenvalue weighted by Crippen LogP contribution is 2.25. The molecule has 1 atom stereocenters. The van der Waals surface area contributed by atoms with Crippen LogP contribution in [0.15, 0.2) is 18.2 Å². The number of carboxylic acid groups (broad SMARTS) is 1. The van der Waals surface area contributed by atoms with E-state index in [4.69, 9.17) is 5.11 Å². The molecule has 0 aliphatic carbocycles. The molecule has 0 saturated carbocycles. The van der Waals surface area contributed by atoms with Crippen LogP contribution in [0.25, 0.3) is 0 Å². The van der Waals surface area contributed by atoms with E-state index in [0.29, 0.717) is 18.7 Å². The smallest absolute Gasteiger partial charge is 0.305 e. The Bertz CT molecular complexity index is 419. The van der Waals surface area contributed by atoms with Gasteiger partial charge in [-0.1, -0.05) is 19.9 Å². The predicted molar refractivity (Wildman–Crippen MR) is 64.3 cm³/mol. The van der Waals surface area contributed by atoms with E-state index in [2.05, 4.69) is 0 Å². The number of aliphatic carboxylic acids is 1. The lowest BCUT2D eigenvalue weighted by molar-refractivity contribution is -0.138. The summed E-state index contributed by atoms with van der Waals surface area (Å²) < 4.78 is 26.1. The first-order valence-corrected chi connectivity index (χ1v) is 5.90. The van der Waals surface area contributed by atoms with Crippen LogP contribution in [0, 0.1) is 11.6 Å². The van der Waals surface area contributed by atoms with Crippen molar-refractivity contribution in [2.24, 2.45) is 0 Å². The second-order valence-corrected chi connectivity index (χ2v) is 4.01. The molecule has 0 aliphatic heterocycles. The van der Waals surface area contributed by atoms with Crippen molar-refractivity contribution in [2.75, 3.05) is 13.1 Å². The van der Waals surface area contributed by atoms with Gasteiger partial charge in [-0.2, -0.15) is 0 Å². The molecule has 0 amide bonds. The number of halogens is 2. The minimum Gasteiger partial charge on any atom is -0.481 e. The van der Waals surface area contributed by atoms with E-state index in [1.54, 1.807) is 0 Å². The quantitative estimate of drug-likeness (QED) is 0.852. The lowest BCUT2D eigenvalue weighted by Gasteiger charge is -2.28. The Labute approximate surface area is 105 Å².